The fraction of sp³-hybridized carbons (Fsp3) is 0.235. The van der Waals surface area contributed by atoms with E-state index < -0.39 is 0 Å². The van der Waals surface area contributed by atoms with Crippen LogP contribution in [0.1, 0.15) is 16.1 Å². The molecule has 132 valence electrons. The van der Waals surface area contributed by atoms with Gasteiger partial charge < -0.3 is 15.4 Å². The van der Waals surface area contributed by atoms with Gasteiger partial charge in [-0.05, 0) is 37.3 Å². The molecule has 8 heteroatoms. The van der Waals surface area contributed by atoms with Crippen molar-refractivity contribution in [2.24, 2.45) is 0 Å². The number of pyridine rings is 1. The number of hydrogen-bond acceptors (Lipinski definition) is 4. The monoisotopic (exact) mass is 381 g/mol. The van der Waals surface area contributed by atoms with Crippen LogP contribution in [-0.4, -0.2) is 36.5 Å². The van der Waals surface area contributed by atoms with Crippen molar-refractivity contribution in [3.8, 4) is 5.75 Å². The smallest absolute Gasteiger partial charge is 0.258 e. The first kappa shape index (κ1) is 19.0. The molecule has 0 atom stereocenters. The lowest BCUT2D eigenvalue weighted by Crippen LogP contribution is -2.36. The molecule has 2 aromatic rings. The van der Waals surface area contributed by atoms with Crippen molar-refractivity contribution in [1.82, 2.24) is 15.6 Å². The number of amides is 2. The van der Waals surface area contributed by atoms with Crippen molar-refractivity contribution < 1.29 is 14.3 Å². The second kappa shape index (κ2) is 9.25. The summed E-state index contributed by atoms with van der Waals surface area (Å²) in [5, 5.41) is 6.15. The van der Waals surface area contributed by atoms with Gasteiger partial charge in [-0.1, -0.05) is 23.2 Å². The molecule has 2 rings (SSSR count). The van der Waals surface area contributed by atoms with Gasteiger partial charge in [-0.25, -0.2) is 0 Å². The lowest BCUT2D eigenvalue weighted by Gasteiger charge is -2.09. The van der Waals surface area contributed by atoms with Crippen molar-refractivity contribution in [1.29, 1.82) is 0 Å². The topological polar surface area (TPSA) is 80.3 Å². The molecule has 6 nitrogen and oxygen atoms in total. The van der Waals surface area contributed by atoms with Crippen LogP contribution in [0.2, 0.25) is 10.0 Å². The minimum Gasteiger partial charge on any atom is -0.482 e. The highest BCUT2D eigenvalue weighted by molar-refractivity contribution is 6.35. The molecule has 1 heterocycles. The van der Waals surface area contributed by atoms with Crippen molar-refractivity contribution in [3.05, 3.63) is 57.8 Å². The van der Waals surface area contributed by atoms with Crippen LogP contribution in [0.5, 0.6) is 5.75 Å². The van der Waals surface area contributed by atoms with E-state index in [4.69, 9.17) is 27.9 Å². The summed E-state index contributed by atoms with van der Waals surface area (Å²) in [5.74, 6) is -0.190. The van der Waals surface area contributed by atoms with Gasteiger partial charge in [0.15, 0.2) is 6.61 Å². The van der Waals surface area contributed by atoms with Crippen LogP contribution in [-0.2, 0) is 4.79 Å². The molecule has 0 aliphatic heterocycles. The molecule has 0 aliphatic rings. The van der Waals surface area contributed by atoms with Gasteiger partial charge in [0, 0.05) is 30.0 Å². The van der Waals surface area contributed by atoms with Crippen molar-refractivity contribution >= 4 is 35.0 Å². The average Bonchev–Trinajstić information content (AvgIpc) is 2.58. The third-order valence-electron chi connectivity index (χ3n) is 3.16. The third kappa shape index (κ3) is 6.25. The molecule has 0 aliphatic carbocycles. The van der Waals surface area contributed by atoms with E-state index in [1.807, 2.05) is 6.92 Å². The van der Waals surface area contributed by atoms with Crippen LogP contribution in [0.3, 0.4) is 0 Å². The minimum atomic E-state index is -0.322. The summed E-state index contributed by atoms with van der Waals surface area (Å²) in [7, 11) is 0. The van der Waals surface area contributed by atoms with E-state index in [-0.39, 0.29) is 25.0 Å². The van der Waals surface area contributed by atoms with E-state index in [0.717, 1.165) is 5.69 Å². The Morgan fingerprint density at radius 2 is 1.88 bits per heavy atom. The number of ether oxygens (including phenoxy) is 1. The van der Waals surface area contributed by atoms with Gasteiger partial charge in [-0.2, -0.15) is 0 Å². The van der Waals surface area contributed by atoms with Gasteiger partial charge in [0.05, 0.1) is 10.6 Å². The van der Waals surface area contributed by atoms with Crippen molar-refractivity contribution in [3.63, 3.8) is 0 Å². The number of hydrogen-bond donors (Lipinski definition) is 2. The predicted octanol–water partition coefficient (Wildman–Crippen LogP) is 2.62. The van der Waals surface area contributed by atoms with Gasteiger partial charge in [0.2, 0.25) is 0 Å². The van der Waals surface area contributed by atoms with Crippen LogP contribution in [0.4, 0.5) is 0 Å². The van der Waals surface area contributed by atoms with Gasteiger partial charge in [0.25, 0.3) is 11.8 Å². The first-order chi connectivity index (χ1) is 12.0. The number of rotatable bonds is 7. The molecular formula is C17H17Cl2N3O3. The number of halogens is 2. The minimum absolute atomic E-state index is 0.183. The van der Waals surface area contributed by atoms with Crippen LogP contribution < -0.4 is 15.4 Å². The highest BCUT2D eigenvalue weighted by Gasteiger charge is 2.07. The Balaban J connectivity index is 1.66. The molecule has 0 spiro atoms. The van der Waals surface area contributed by atoms with E-state index >= 15 is 0 Å². The summed E-state index contributed by atoms with van der Waals surface area (Å²) < 4.78 is 5.31. The number of aryl methyl sites for hydroxylation is 1. The number of aromatic nitrogens is 1. The maximum absolute atomic E-state index is 11.9. The second-order valence-electron chi connectivity index (χ2n) is 5.16. The normalized spacial score (nSPS) is 10.2. The lowest BCUT2D eigenvalue weighted by atomic mass is 10.2. The molecule has 2 N–H and O–H groups in total. The average molecular weight is 382 g/mol. The molecule has 2 amide bonds. The molecule has 0 radical (unpaired) electrons. The molecule has 0 bridgehead atoms. The van der Waals surface area contributed by atoms with Crippen molar-refractivity contribution in [2.75, 3.05) is 19.7 Å². The fourth-order valence-corrected chi connectivity index (χ4v) is 2.33. The summed E-state index contributed by atoms with van der Waals surface area (Å²) in [6.07, 6.45) is 1.51. The summed E-state index contributed by atoms with van der Waals surface area (Å²) >= 11 is 11.7. The first-order valence-corrected chi connectivity index (χ1v) is 8.26. The fourth-order valence-electron chi connectivity index (χ4n) is 1.87. The molecule has 1 aromatic carbocycles. The van der Waals surface area contributed by atoms with Crippen LogP contribution in [0.15, 0.2) is 36.5 Å². The summed E-state index contributed by atoms with van der Waals surface area (Å²) in [6.45, 7) is 2.23. The van der Waals surface area contributed by atoms with Crippen LogP contribution in [0, 0.1) is 6.92 Å². The maximum Gasteiger partial charge on any atom is 0.258 e. The zero-order valence-electron chi connectivity index (χ0n) is 13.5. The molecule has 0 unspecified atom stereocenters. The number of carbonyl (C=O) groups is 2. The van der Waals surface area contributed by atoms with Gasteiger partial charge >= 0.3 is 0 Å². The van der Waals surface area contributed by atoms with E-state index in [1.165, 1.54) is 12.3 Å². The molecule has 1 aromatic heterocycles. The Kier molecular flexibility index (Phi) is 7.03. The lowest BCUT2D eigenvalue weighted by molar-refractivity contribution is -0.123. The summed E-state index contributed by atoms with van der Waals surface area (Å²) in [5.41, 5.74) is 1.31. The Labute approximate surface area is 155 Å². The molecule has 0 fully saturated rings. The number of carbonyl (C=O) groups excluding carboxylic acids is 2. The SMILES string of the molecule is Cc1ccc(C(=O)NCCNC(=O)COc2ccc(Cl)cc2Cl)cn1. The van der Waals surface area contributed by atoms with E-state index in [2.05, 4.69) is 15.6 Å². The quantitative estimate of drug-likeness (QED) is 0.722. The zero-order chi connectivity index (χ0) is 18.2. The Morgan fingerprint density at radius 1 is 1.12 bits per heavy atom. The Bertz CT molecular complexity index is 751. The summed E-state index contributed by atoms with van der Waals surface area (Å²) in [4.78, 5) is 27.6. The van der Waals surface area contributed by atoms with E-state index in [1.54, 1.807) is 24.3 Å². The molecule has 0 saturated carbocycles. The Hall–Kier alpha value is -2.31. The van der Waals surface area contributed by atoms with Gasteiger partial charge in [0.1, 0.15) is 5.75 Å². The van der Waals surface area contributed by atoms with Crippen LogP contribution >= 0.6 is 23.2 Å². The summed E-state index contributed by atoms with van der Waals surface area (Å²) in [6, 6.07) is 8.20. The second-order valence-corrected chi connectivity index (χ2v) is 6.00. The number of nitrogens with one attached hydrogen (secondary N) is 2. The first-order valence-electron chi connectivity index (χ1n) is 7.51. The standard InChI is InChI=1S/C17H17Cl2N3O3/c1-11-2-3-12(9-22-11)17(24)21-7-6-20-16(23)10-25-15-5-4-13(18)8-14(15)19/h2-5,8-9H,6-7,10H2,1H3,(H,20,23)(H,21,24). The third-order valence-corrected chi connectivity index (χ3v) is 3.69. The molecule has 0 saturated heterocycles. The van der Waals surface area contributed by atoms with Crippen molar-refractivity contribution in [2.45, 2.75) is 6.92 Å². The largest absolute Gasteiger partial charge is 0.482 e. The maximum atomic E-state index is 11.9. The zero-order valence-corrected chi connectivity index (χ0v) is 15.0. The van der Waals surface area contributed by atoms with E-state index in [9.17, 15) is 9.59 Å². The van der Waals surface area contributed by atoms with Crippen LogP contribution in [0.25, 0.3) is 0 Å². The molecular weight excluding hydrogens is 365 g/mol. The van der Waals surface area contributed by atoms with Gasteiger partial charge in [-0.15, -0.1) is 0 Å². The van der Waals surface area contributed by atoms with E-state index in [0.29, 0.717) is 27.9 Å². The van der Waals surface area contributed by atoms with Gasteiger partial charge in [-0.3, -0.25) is 14.6 Å². The number of nitrogens with zero attached hydrogens (tertiary/aromatic N) is 1. The predicted molar refractivity (Wildman–Crippen MR) is 96.3 cm³/mol. The number of benzene rings is 1. The highest BCUT2D eigenvalue weighted by Crippen LogP contribution is 2.27. The molecule has 25 heavy (non-hydrogen) atoms. The highest BCUT2D eigenvalue weighted by atomic mass is 35.5. The Morgan fingerprint density at radius 3 is 2.56 bits per heavy atom.